The second kappa shape index (κ2) is 7.46. The number of likely N-dealkylation sites (N-methyl/N-ethyl adjacent to an activating group) is 1. The van der Waals surface area contributed by atoms with E-state index in [1.165, 1.54) is 37.8 Å². The smallest absolute Gasteiger partial charge is 0.0847 e. The Kier molecular flexibility index (Phi) is 5.91. The van der Waals surface area contributed by atoms with Gasteiger partial charge >= 0.3 is 0 Å². The fraction of sp³-hybridized carbons (Fsp3) is 0.812. The molecule has 1 fully saturated rings. The first-order valence-corrected chi connectivity index (χ1v) is 8.48. The summed E-state index contributed by atoms with van der Waals surface area (Å²) in [6, 6.07) is 0.530. The lowest BCUT2D eigenvalue weighted by Gasteiger charge is -2.22. The Labute approximate surface area is 128 Å². The van der Waals surface area contributed by atoms with Crippen molar-refractivity contribution in [1.82, 2.24) is 15.1 Å². The van der Waals surface area contributed by atoms with Gasteiger partial charge in [-0.1, -0.05) is 44.2 Å². The molecule has 114 valence electrons. The van der Waals surface area contributed by atoms with Gasteiger partial charge in [-0.3, -0.25) is 4.68 Å². The van der Waals surface area contributed by atoms with Gasteiger partial charge < -0.3 is 5.32 Å². The maximum atomic E-state index is 6.44. The molecule has 0 amide bonds. The van der Waals surface area contributed by atoms with E-state index in [0.717, 1.165) is 36.1 Å². The second-order valence-electron chi connectivity index (χ2n) is 6.01. The summed E-state index contributed by atoms with van der Waals surface area (Å²) >= 11 is 6.44. The minimum atomic E-state index is 0.530. The van der Waals surface area contributed by atoms with Crippen LogP contribution < -0.4 is 5.32 Å². The average molecular weight is 298 g/mol. The first-order valence-electron chi connectivity index (χ1n) is 8.10. The molecule has 1 heterocycles. The second-order valence-corrected chi connectivity index (χ2v) is 6.38. The molecule has 20 heavy (non-hydrogen) atoms. The summed E-state index contributed by atoms with van der Waals surface area (Å²) < 4.78 is 2.07. The quantitative estimate of drug-likeness (QED) is 0.825. The van der Waals surface area contributed by atoms with Gasteiger partial charge in [0.2, 0.25) is 0 Å². The molecule has 4 heteroatoms. The number of hydrogen-bond acceptors (Lipinski definition) is 2. The molecule has 1 atom stereocenters. The molecule has 0 aromatic carbocycles. The molecular weight excluding hydrogens is 270 g/mol. The van der Waals surface area contributed by atoms with Crippen LogP contribution in [0.3, 0.4) is 0 Å². The van der Waals surface area contributed by atoms with Crippen molar-refractivity contribution in [2.75, 3.05) is 6.54 Å². The third-order valence-corrected chi connectivity index (χ3v) is 4.97. The van der Waals surface area contributed by atoms with Crippen molar-refractivity contribution in [2.45, 2.75) is 71.9 Å². The van der Waals surface area contributed by atoms with Crippen LogP contribution in [0, 0.1) is 12.8 Å². The number of aromatic nitrogens is 2. The topological polar surface area (TPSA) is 29.9 Å². The van der Waals surface area contributed by atoms with Crippen molar-refractivity contribution in [1.29, 1.82) is 0 Å². The summed E-state index contributed by atoms with van der Waals surface area (Å²) in [6.07, 6.45) is 7.91. The number of hydrogen-bond donors (Lipinski definition) is 1. The molecule has 1 saturated carbocycles. The van der Waals surface area contributed by atoms with Crippen LogP contribution >= 0.6 is 11.6 Å². The summed E-state index contributed by atoms with van der Waals surface area (Å²) in [7, 11) is 0. The molecule has 0 radical (unpaired) electrons. The van der Waals surface area contributed by atoms with Crippen LogP contribution in [0.15, 0.2) is 0 Å². The molecule has 1 unspecified atom stereocenters. The van der Waals surface area contributed by atoms with Gasteiger partial charge in [0.25, 0.3) is 0 Å². The lowest BCUT2D eigenvalue weighted by molar-refractivity contribution is 0.383. The Morgan fingerprint density at radius 2 is 2.05 bits per heavy atom. The molecule has 2 rings (SSSR count). The number of nitrogens with zero attached hydrogens (tertiary/aromatic N) is 2. The van der Waals surface area contributed by atoms with Crippen molar-refractivity contribution in [2.24, 2.45) is 5.92 Å². The molecule has 1 aromatic heterocycles. The van der Waals surface area contributed by atoms with Crippen LogP contribution in [0.25, 0.3) is 0 Å². The third-order valence-electron chi connectivity index (χ3n) is 4.48. The normalized spacial score (nSPS) is 17.8. The van der Waals surface area contributed by atoms with Gasteiger partial charge in [0.15, 0.2) is 0 Å². The number of halogens is 1. The molecule has 1 aromatic rings. The molecular formula is C16H28ClN3. The Hall–Kier alpha value is -0.540. The van der Waals surface area contributed by atoms with E-state index in [-0.39, 0.29) is 0 Å². The zero-order chi connectivity index (χ0) is 14.5. The van der Waals surface area contributed by atoms with E-state index >= 15 is 0 Å². The van der Waals surface area contributed by atoms with Gasteiger partial charge in [0.1, 0.15) is 0 Å². The van der Waals surface area contributed by atoms with E-state index in [9.17, 15) is 0 Å². The van der Waals surface area contributed by atoms with Crippen molar-refractivity contribution >= 4 is 11.6 Å². The van der Waals surface area contributed by atoms with Crippen molar-refractivity contribution in [3.63, 3.8) is 0 Å². The van der Waals surface area contributed by atoms with E-state index in [1.54, 1.807) is 0 Å². The highest BCUT2D eigenvalue weighted by Crippen LogP contribution is 2.30. The lowest BCUT2D eigenvalue weighted by Crippen LogP contribution is -2.33. The minimum absolute atomic E-state index is 0.530. The molecule has 0 spiro atoms. The molecule has 3 nitrogen and oxygen atoms in total. The summed E-state index contributed by atoms with van der Waals surface area (Å²) in [5.74, 6) is 0.900. The highest BCUT2D eigenvalue weighted by Gasteiger charge is 2.22. The fourth-order valence-electron chi connectivity index (χ4n) is 3.47. The Balaban J connectivity index is 2.06. The van der Waals surface area contributed by atoms with Gasteiger partial charge in [-0.15, -0.1) is 0 Å². The minimum Gasteiger partial charge on any atom is -0.314 e. The summed E-state index contributed by atoms with van der Waals surface area (Å²) in [5, 5.41) is 9.04. The first-order chi connectivity index (χ1) is 9.65. The fourth-order valence-corrected chi connectivity index (χ4v) is 3.69. The predicted molar refractivity (Wildman–Crippen MR) is 85.4 cm³/mol. The van der Waals surface area contributed by atoms with Crippen molar-refractivity contribution in [3.05, 3.63) is 16.4 Å². The monoisotopic (exact) mass is 297 g/mol. The summed E-state index contributed by atoms with van der Waals surface area (Å²) in [5.41, 5.74) is 2.16. The number of rotatable bonds is 7. The number of aryl methyl sites for hydroxylation is 2. The van der Waals surface area contributed by atoms with Gasteiger partial charge in [0, 0.05) is 19.0 Å². The van der Waals surface area contributed by atoms with E-state index in [2.05, 4.69) is 28.9 Å². The average Bonchev–Trinajstić information content (AvgIpc) is 3.02. The van der Waals surface area contributed by atoms with Gasteiger partial charge in [-0.2, -0.15) is 5.10 Å². The SMILES string of the molecule is CCNC(Cc1c(Cl)c(C)nn1CC)CC1CCCC1. The molecule has 0 bridgehead atoms. The van der Waals surface area contributed by atoms with Crippen LogP contribution in [-0.2, 0) is 13.0 Å². The maximum absolute atomic E-state index is 6.44. The Morgan fingerprint density at radius 1 is 1.35 bits per heavy atom. The lowest BCUT2D eigenvalue weighted by atomic mass is 9.95. The van der Waals surface area contributed by atoms with E-state index in [0.29, 0.717) is 6.04 Å². The van der Waals surface area contributed by atoms with E-state index in [1.807, 2.05) is 6.92 Å². The highest BCUT2D eigenvalue weighted by atomic mass is 35.5. The zero-order valence-corrected chi connectivity index (χ0v) is 13.8. The largest absolute Gasteiger partial charge is 0.314 e. The van der Waals surface area contributed by atoms with Gasteiger partial charge in [-0.05, 0) is 32.7 Å². The molecule has 0 aliphatic heterocycles. The van der Waals surface area contributed by atoms with Crippen LogP contribution in [0.2, 0.25) is 5.02 Å². The predicted octanol–water partition coefficient (Wildman–Crippen LogP) is 3.97. The van der Waals surface area contributed by atoms with Crippen LogP contribution in [0.1, 0.15) is 57.3 Å². The molecule has 1 N–H and O–H groups in total. The molecule has 1 aliphatic carbocycles. The van der Waals surface area contributed by atoms with Gasteiger partial charge in [0.05, 0.1) is 16.4 Å². The third kappa shape index (κ3) is 3.76. The standard InChI is InChI=1S/C16H28ClN3/c1-4-18-14(10-13-8-6-7-9-13)11-15-16(17)12(3)19-20(15)5-2/h13-14,18H,4-11H2,1-3H3. The Morgan fingerprint density at radius 3 is 2.65 bits per heavy atom. The van der Waals surface area contributed by atoms with Crippen molar-refractivity contribution < 1.29 is 0 Å². The van der Waals surface area contributed by atoms with E-state index in [4.69, 9.17) is 11.6 Å². The first kappa shape index (κ1) is 15.8. The van der Waals surface area contributed by atoms with Crippen LogP contribution in [-0.4, -0.2) is 22.4 Å². The Bertz CT molecular complexity index is 422. The zero-order valence-electron chi connectivity index (χ0n) is 13.1. The van der Waals surface area contributed by atoms with Crippen LogP contribution in [0.5, 0.6) is 0 Å². The van der Waals surface area contributed by atoms with E-state index < -0.39 is 0 Å². The maximum Gasteiger partial charge on any atom is 0.0847 e. The molecule has 0 saturated heterocycles. The van der Waals surface area contributed by atoms with Crippen molar-refractivity contribution in [3.8, 4) is 0 Å². The summed E-state index contributed by atoms with van der Waals surface area (Å²) in [4.78, 5) is 0. The molecule has 1 aliphatic rings. The van der Waals surface area contributed by atoms with Crippen LogP contribution in [0.4, 0.5) is 0 Å². The highest BCUT2D eigenvalue weighted by molar-refractivity contribution is 6.31. The number of nitrogens with one attached hydrogen (secondary N) is 1. The summed E-state index contributed by atoms with van der Waals surface area (Å²) in [6.45, 7) is 8.23. The van der Waals surface area contributed by atoms with Gasteiger partial charge in [-0.25, -0.2) is 0 Å².